The van der Waals surface area contributed by atoms with Gasteiger partial charge >= 0.3 is 0 Å². The summed E-state index contributed by atoms with van der Waals surface area (Å²) in [6.07, 6.45) is 2.73. The number of hydrogen-bond acceptors (Lipinski definition) is 3. The fourth-order valence-corrected chi connectivity index (χ4v) is 0.689. The van der Waals surface area contributed by atoms with Crippen LogP contribution in [0.2, 0.25) is 0 Å². The van der Waals surface area contributed by atoms with Crippen molar-refractivity contribution in [3.63, 3.8) is 0 Å². The van der Waals surface area contributed by atoms with E-state index in [1.807, 2.05) is 0 Å². The molecule has 0 amide bonds. The van der Waals surface area contributed by atoms with Crippen molar-refractivity contribution in [1.82, 2.24) is 0 Å². The van der Waals surface area contributed by atoms with Crippen molar-refractivity contribution < 1.29 is 14.3 Å². The standard InChI is InChI=1S/C6H12FNO3/c7-5-3-1-2-4-6-11-8(9)10/h1-6H2. The van der Waals surface area contributed by atoms with E-state index >= 15 is 0 Å². The van der Waals surface area contributed by atoms with E-state index in [2.05, 4.69) is 4.84 Å². The summed E-state index contributed by atoms with van der Waals surface area (Å²) in [5.74, 6) is 0. The minimum absolute atomic E-state index is 0.124. The maximum atomic E-state index is 11.5. The number of hydrogen-bond donors (Lipinski definition) is 0. The maximum Gasteiger partial charge on any atom is 0.294 e. The van der Waals surface area contributed by atoms with Crippen LogP contribution in [-0.4, -0.2) is 18.4 Å². The molecule has 4 nitrogen and oxygen atoms in total. The first kappa shape index (κ1) is 10.1. The Hall–Kier alpha value is -0.870. The Balaban J connectivity index is 2.85. The fraction of sp³-hybridized carbons (Fsp3) is 1.00. The second-order valence-electron chi connectivity index (χ2n) is 2.16. The van der Waals surface area contributed by atoms with E-state index in [0.717, 1.165) is 12.8 Å². The lowest BCUT2D eigenvalue weighted by Crippen LogP contribution is -2.01. The third-order valence-electron chi connectivity index (χ3n) is 1.22. The number of nitrogens with zero attached hydrogens (tertiary/aromatic N) is 1. The molecule has 0 aromatic heterocycles. The van der Waals surface area contributed by atoms with Crippen molar-refractivity contribution in [2.24, 2.45) is 0 Å². The average Bonchev–Trinajstić information content (AvgIpc) is 1.96. The van der Waals surface area contributed by atoms with E-state index in [-0.39, 0.29) is 13.3 Å². The van der Waals surface area contributed by atoms with Crippen molar-refractivity contribution in [2.45, 2.75) is 25.7 Å². The van der Waals surface area contributed by atoms with Crippen LogP contribution in [0.25, 0.3) is 0 Å². The summed E-state index contributed by atoms with van der Waals surface area (Å²) in [7, 11) is 0. The van der Waals surface area contributed by atoms with Gasteiger partial charge in [-0.15, -0.1) is 10.1 Å². The second-order valence-corrected chi connectivity index (χ2v) is 2.16. The van der Waals surface area contributed by atoms with Gasteiger partial charge < -0.3 is 4.84 Å². The molecule has 11 heavy (non-hydrogen) atoms. The van der Waals surface area contributed by atoms with Gasteiger partial charge in [0.25, 0.3) is 5.09 Å². The lowest BCUT2D eigenvalue weighted by atomic mass is 10.2. The SMILES string of the molecule is O=[N+]([O-])OCCCCCCF. The largest absolute Gasteiger partial charge is 0.314 e. The Kier molecular flexibility index (Phi) is 6.67. The third-order valence-corrected chi connectivity index (χ3v) is 1.22. The molecule has 0 atom stereocenters. The Morgan fingerprint density at radius 3 is 2.45 bits per heavy atom. The van der Waals surface area contributed by atoms with Crippen LogP contribution in [0.3, 0.4) is 0 Å². The van der Waals surface area contributed by atoms with Crippen molar-refractivity contribution in [3.8, 4) is 0 Å². The summed E-state index contributed by atoms with van der Waals surface area (Å²) in [5, 5.41) is 8.80. The van der Waals surface area contributed by atoms with Crippen LogP contribution in [0, 0.1) is 10.1 Å². The van der Waals surface area contributed by atoms with Crippen LogP contribution in [0.1, 0.15) is 25.7 Å². The van der Waals surface area contributed by atoms with Gasteiger partial charge in [-0.2, -0.15) is 0 Å². The fourth-order valence-electron chi connectivity index (χ4n) is 0.689. The van der Waals surface area contributed by atoms with E-state index in [4.69, 9.17) is 0 Å². The topological polar surface area (TPSA) is 52.4 Å². The molecule has 0 heterocycles. The van der Waals surface area contributed by atoms with Gasteiger partial charge in [-0.25, -0.2) is 0 Å². The van der Waals surface area contributed by atoms with E-state index in [9.17, 15) is 14.5 Å². The average molecular weight is 165 g/mol. The molecule has 0 bridgehead atoms. The van der Waals surface area contributed by atoms with Crippen LogP contribution in [0.15, 0.2) is 0 Å². The molecule has 0 aliphatic heterocycles. The smallest absolute Gasteiger partial charge is 0.294 e. The Morgan fingerprint density at radius 1 is 1.27 bits per heavy atom. The van der Waals surface area contributed by atoms with Gasteiger partial charge in [0, 0.05) is 0 Å². The first-order valence-corrected chi connectivity index (χ1v) is 3.60. The van der Waals surface area contributed by atoms with Crippen LogP contribution in [0.5, 0.6) is 0 Å². The van der Waals surface area contributed by atoms with Gasteiger partial charge in [-0.1, -0.05) is 12.8 Å². The normalized spacial score (nSPS) is 9.55. The molecule has 0 aromatic carbocycles. The summed E-state index contributed by atoms with van der Waals surface area (Å²) in [6, 6.07) is 0. The number of halogens is 1. The monoisotopic (exact) mass is 165 g/mol. The zero-order valence-electron chi connectivity index (χ0n) is 6.29. The molecular formula is C6H12FNO3. The predicted octanol–water partition coefficient (Wildman–Crippen LogP) is 1.72. The molecule has 0 aliphatic rings. The molecule has 5 heteroatoms. The highest BCUT2D eigenvalue weighted by Crippen LogP contribution is 1.99. The lowest BCUT2D eigenvalue weighted by Gasteiger charge is -1.97. The first-order chi connectivity index (χ1) is 5.27. The lowest BCUT2D eigenvalue weighted by molar-refractivity contribution is -0.757. The van der Waals surface area contributed by atoms with Crippen LogP contribution < -0.4 is 0 Å². The van der Waals surface area contributed by atoms with Gasteiger partial charge in [0.05, 0.1) is 13.3 Å². The van der Waals surface area contributed by atoms with Crippen molar-refractivity contribution in [2.75, 3.05) is 13.3 Å². The molecule has 0 rings (SSSR count). The molecule has 0 spiro atoms. The van der Waals surface area contributed by atoms with E-state index < -0.39 is 5.09 Å². The summed E-state index contributed by atoms with van der Waals surface area (Å²) in [4.78, 5) is 13.7. The minimum atomic E-state index is -0.810. The minimum Gasteiger partial charge on any atom is -0.314 e. The zero-order valence-corrected chi connectivity index (χ0v) is 6.29. The molecule has 0 N–H and O–H groups in total. The van der Waals surface area contributed by atoms with Crippen molar-refractivity contribution in [1.29, 1.82) is 0 Å². The van der Waals surface area contributed by atoms with Crippen LogP contribution in [0.4, 0.5) is 4.39 Å². The summed E-state index contributed by atoms with van der Waals surface area (Å²) >= 11 is 0. The van der Waals surface area contributed by atoms with Crippen molar-refractivity contribution >= 4 is 0 Å². The summed E-state index contributed by atoms with van der Waals surface area (Å²) in [6.45, 7) is -0.185. The molecule has 0 aromatic rings. The van der Waals surface area contributed by atoms with Crippen LogP contribution >= 0.6 is 0 Å². The van der Waals surface area contributed by atoms with Crippen molar-refractivity contribution in [3.05, 3.63) is 10.1 Å². The number of alkyl halides is 1. The molecular weight excluding hydrogens is 153 g/mol. The van der Waals surface area contributed by atoms with E-state index in [1.165, 1.54) is 0 Å². The second kappa shape index (κ2) is 7.24. The highest BCUT2D eigenvalue weighted by atomic mass is 19.1. The molecule has 0 radical (unpaired) electrons. The highest BCUT2D eigenvalue weighted by molar-refractivity contribution is 4.40. The Labute approximate surface area is 64.5 Å². The summed E-state index contributed by atoms with van der Waals surface area (Å²) < 4.78 is 11.5. The molecule has 0 aliphatic carbocycles. The number of rotatable bonds is 7. The Bertz CT molecular complexity index is 110. The van der Waals surface area contributed by atoms with Crippen LogP contribution in [-0.2, 0) is 4.84 Å². The summed E-state index contributed by atoms with van der Waals surface area (Å²) in [5.41, 5.74) is 0. The van der Waals surface area contributed by atoms with Gasteiger partial charge in [-0.3, -0.25) is 4.39 Å². The van der Waals surface area contributed by atoms with E-state index in [1.54, 1.807) is 0 Å². The van der Waals surface area contributed by atoms with Gasteiger partial charge in [-0.05, 0) is 12.8 Å². The van der Waals surface area contributed by atoms with Gasteiger partial charge in [0.1, 0.15) is 0 Å². The molecule has 66 valence electrons. The van der Waals surface area contributed by atoms with Gasteiger partial charge in [0.15, 0.2) is 0 Å². The highest BCUT2D eigenvalue weighted by Gasteiger charge is 1.93. The predicted molar refractivity (Wildman–Crippen MR) is 37.4 cm³/mol. The third kappa shape index (κ3) is 9.13. The first-order valence-electron chi connectivity index (χ1n) is 3.60. The Morgan fingerprint density at radius 2 is 1.91 bits per heavy atom. The molecule has 0 unspecified atom stereocenters. The molecule has 0 saturated heterocycles. The number of unbranched alkanes of at least 4 members (excludes halogenated alkanes) is 3. The van der Waals surface area contributed by atoms with Gasteiger partial charge in [0.2, 0.25) is 0 Å². The molecule has 0 fully saturated rings. The zero-order chi connectivity index (χ0) is 8.53. The molecule has 0 saturated carbocycles. The van der Waals surface area contributed by atoms with E-state index in [0.29, 0.717) is 12.8 Å². The quantitative estimate of drug-likeness (QED) is 0.328. The maximum absolute atomic E-state index is 11.5.